The van der Waals surface area contributed by atoms with Crippen molar-refractivity contribution in [2.75, 3.05) is 25.2 Å². The molecule has 2 rings (SSSR count). The van der Waals surface area contributed by atoms with Gasteiger partial charge in [0.05, 0.1) is 24.2 Å². The summed E-state index contributed by atoms with van der Waals surface area (Å²) in [5.74, 6) is 1.72. The van der Waals surface area contributed by atoms with Crippen LogP contribution in [0.25, 0.3) is 0 Å². The number of ether oxygens (including phenoxy) is 1. The maximum atomic E-state index is 11.5. The van der Waals surface area contributed by atoms with E-state index in [0.29, 0.717) is 11.5 Å². The Hall–Kier alpha value is -0.550. The topological polar surface area (TPSA) is 55.4 Å². The maximum Gasteiger partial charge on any atom is 0.150 e. The van der Waals surface area contributed by atoms with Crippen LogP contribution in [0.15, 0.2) is 11.8 Å². The fourth-order valence-electron chi connectivity index (χ4n) is 2.49. The average molecular weight is 245 g/mol. The van der Waals surface area contributed by atoms with E-state index in [1.165, 1.54) is 0 Å². The minimum Gasteiger partial charge on any atom is -0.497 e. The summed E-state index contributed by atoms with van der Waals surface area (Å²) in [5.41, 5.74) is 0. The van der Waals surface area contributed by atoms with Crippen molar-refractivity contribution < 1.29 is 13.2 Å². The lowest BCUT2D eigenvalue weighted by molar-refractivity contribution is 0.156. The highest BCUT2D eigenvalue weighted by atomic mass is 32.2. The van der Waals surface area contributed by atoms with Crippen LogP contribution in [0, 0.1) is 5.92 Å². The number of nitrogens with one attached hydrogen (secondary N) is 1. The first-order valence-corrected chi connectivity index (χ1v) is 7.65. The van der Waals surface area contributed by atoms with Crippen LogP contribution in [0.2, 0.25) is 0 Å². The Morgan fingerprint density at radius 1 is 1.56 bits per heavy atom. The molecule has 0 amide bonds. The van der Waals surface area contributed by atoms with Gasteiger partial charge in [-0.05, 0) is 38.3 Å². The summed E-state index contributed by atoms with van der Waals surface area (Å²) in [7, 11) is -0.943. The molecule has 92 valence electrons. The highest BCUT2D eigenvalue weighted by Gasteiger charge is 2.35. The molecule has 0 bridgehead atoms. The van der Waals surface area contributed by atoms with Crippen molar-refractivity contribution in [3.63, 3.8) is 0 Å². The Balaban J connectivity index is 2.08. The molecule has 1 N–H and O–H groups in total. The van der Waals surface area contributed by atoms with Crippen molar-refractivity contribution in [2.45, 2.75) is 25.3 Å². The third-order valence-corrected chi connectivity index (χ3v) is 5.11. The monoisotopic (exact) mass is 245 g/mol. The van der Waals surface area contributed by atoms with E-state index in [0.717, 1.165) is 31.6 Å². The normalized spacial score (nSPS) is 30.6. The summed E-state index contributed by atoms with van der Waals surface area (Å²) in [5, 5.41) is 3.19. The number of rotatable bonds is 3. The molecule has 2 aliphatic heterocycles. The van der Waals surface area contributed by atoms with Crippen LogP contribution in [0.3, 0.4) is 0 Å². The molecular formula is C11H19NO3S. The number of sulfone groups is 1. The first kappa shape index (κ1) is 11.9. The van der Waals surface area contributed by atoms with E-state index < -0.39 is 9.84 Å². The van der Waals surface area contributed by atoms with Gasteiger partial charge in [0.2, 0.25) is 0 Å². The Morgan fingerprint density at radius 2 is 2.38 bits per heavy atom. The standard InChI is InChI=1S/C11H19NO3S/c1-12-11(10-4-2-3-6-15-10)9-5-7-16(13,14)8-9/h4,9,11-12H,2-3,5-8H2,1H3. The van der Waals surface area contributed by atoms with E-state index in [1.807, 2.05) is 7.05 Å². The van der Waals surface area contributed by atoms with Crippen LogP contribution in [-0.4, -0.2) is 39.6 Å². The Bertz CT molecular complexity index is 375. The van der Waals surface area contributed by atoms with Crippen molar-refractivity contribution in [3.05, 3.63) is 11.8 Å². The summed E-state index contributed by atoms with van der Waals surface area (Å²) in [4.78, 5) is 0. The quantitative estimate of drug-likeness (QED) is 0.795. The van der Waals surface area contributed by atoms with Crippen LogP contribution < -0.4 is 5.32 Å². The molecular weight excluding hydrogens is 226 g/mol. The number of likely N-dealkylation sites (N-methyl/N-ethyl adjacent to an activating group) is 1. The molecule has 2 heterocycles. The molecule has 0 aromatic carbocycles. The van der Waals surface area contributed by atoms with Crippen molar-refractivity contribution in [1.82, 2.24) is 5.32 Å². The Kier molecular flexibility index (Phi) is 3.54. The predicted octanol–water partition coefficient (Wildman–Crippen LogP) is 0.703. The van der Waals surface area contributed by atoms with E-state index in [4.69, 9.17) is 4.74 Å². The van der Waals surface area contributed by atoms with Gasteiger partial charge in [0.25, 0.3) is 0 Å². The largest absolute Gasteiger partial charge is 0.497 e. The number of allylic oxidation sites excluding steroid dienone is 1. The van der Waals surface area contributed by atoms with Gasteiger partial charge in [0, 0.05) is 0 Å². The summed E-state index contributed by atoms with van der Waals surface area (Å²) >= 11 is 0. The van der Waals surface area contributed by atoms with E-state index in [9.17, 15) is 8.42 Å². The van der Waals surface area contributed by atoms with E-state index >= 15 is 0 Å². The molecule has 0 radical (unpaired) electrons. The molecule has 4 nitrogen and oxygen atoms in total. The minimum absolute atomic E-state index is 0.0672. The molecule has 0 aliphatic carbocycles. The first-order valence-electron chi connectivity index (χ1n) is 5.83. The molecule has 1 saturated heterocycles. The van der Waals surface area contributed by atoms with E-state index in [2.05, 4.69) is 11.4 Å². The second-order valence-electron chi connectivity index (χ2n) is 4.53. The zero-order valence-electron chi connectivity index (χ0n) is 9.61. The Labute approximate surface area is 97.0 Å². The number of hydrogen-bond acceptors (Lipinski definition) is 4. The van der Waals surface area contributed by atoms with Crippen molar-refractivity contribution >= 4 is 9.84 Å². The fraction of sp³-hybridized carbons (Fsp3) is 0.818. The van der Waals surface area contributed by atoms with Crippen LogP contribution in [-0.2, 0) is 14.6 Å². The van der Waals surface area contributed by atoms with Gasteiger partial charge in [-0.25, -0.2) is 8.42 Å². The van der Waals surface area contributed by atoms with Gasteiger partial charge >= 0.3 is 0 Å². The van der Waals surface area contributed by atoms with Gasteiger partial charge in [-0.15, -0.1) is 0 Å². The van der Waals surface area contributed by atoms with Crippen LogP contribution in [0.5, 0.6) is 0 Å². The summed E-state index contributed by atoms with van der Waals surface area (Å²) in [6, 6.07) is 0.0672. The molecule has 0 aromatic rings. The van der Waals surface area contributed by atoms with Gasteiger partial charge in [0.15, 0.2) is 9.84 Å². The molecule has 0 spiro atoms. The summed E-state index contributed by atoms with van der Waals surface area (Å²) < 4.78 is 28.5. The summed E-state index contributed by atoms with van der Waals surface area (Å²) in [6.45, 7) is 0.753. The third-order valence-electron chi connectivity index (χ3n) is 3.32. The SMILES string of the molecule is CNC(C1=CCCCO1)C1CCS(=O)(=O)C1. The van der Waals surface area contributed by atoms with Crippen LogP contribution in [0.4, 0.5) is 0 Å². The molecule has 16 heavy (non-hydrogen) atoms. The second-order valence-corrected chi connectivity index (χ2v) is 6.76. The lowest BCUT2D eigenvalue weighted by Crippen LogP contribution is -2.37. The fourth-order valence-corrected chi connectivity index (χ4v) is 4.33. The van der Waals surface area contributed by atoms with Crippen LogP contribution in [0.1, 0.15) is 19.3 Å². The highest BCUT2D eigenvalue weighted by Crippen LogP contribution is 2.27. The van der Waals surface area contributed by atoms with Gasteiger partial charge < -0.3 is 10.1 Å². The summed E-state index contributed by atoms with van der Waals surface area (Å²) in [6.07, 6.45) is 4.93. The molecule has 5 heteroatoms. The second kappa shape index (κ2) is 4.75. The first-order chi connectivity index (χ1) is 7.62. The maximum absolute atomic E-state index is 11.5. The Morgan fingerprint density at radius 3 is 2.88 bits per heavy atom. The molecule has 2 aliphatic rings. The van der Waals surface area contributed by atoms with E-state index in [-0.39, 0.29) is 12.0 Å². The van der Waals surface area contributed by atoms with Gasteiger partial charge in [-0.3, -0.25) is 0 Å². The van der Waals surface area contributed by atoms with Crippen LogP contribution >= 0.6 is 0 Å². The molecule has 0 saturated carbocycles. The van der Waals surface area contributed by atoms with Crippen molar-refractivity contribution in [1.29, 1.82) is 0 Å². The smallest absolute Gasteiger partial charge is 0.150 e. The van der Waals surface area contributed by atoms with Gasteiger partial charge in [-0.1, -0.05) is 0 Å². The highest BCUT2D eigenvalue weighted by molar-refractivity contribution is 7.91. The van der Waals surface area contributed by atoms with E-state index in [1.54, 1.807) is 0 Å². The minimum atomic E-state index is -2.81. The average Bonchev–Trinajstić information content (AvgIpc) is 2.62. The molecule has 2 unspecified atom stereocenters. The van der Waals surface area contributed by atoms with Gasteiger partial charge in [0.1, 0.15) is 5.76 Å². The lowest BCUT2D eigenvalue weighted by atomic mass is 9.96. The van der Waals surface area contributed by atoms with Crippen molar-refractivity contribution in [3.8, 4) is 0 Å². The third kappa shape index (κ3) is 2.58. The lowest BCUT2D eigenvalue weighted by Gasteiger charge is -2.27. The van der Waals surface area contributed by atoms with Crippen molar-refractivity contribution in [2.24, 2.45) is 5.92 Å². The molecule has 2 atom stereocenters. The zero-order chi connectivity index (χ0) is 11.6. The predicted molar refractivity (Wildman–Crippen MR) is 62.9 cm³/mol. The zero-order valence-corrected chi connectivity index (χ0v) is 10.4. The molecule has 0 aromatic heterocycles. The molecule has 1 fully saturated rings. The van der Waals surface area contributed by atoms with Gasteiger partial charge in [-0.2, -0.15) is 0 Å². The number of hydrogen-bond donors (Lipinski definition) is 1.